The van der Waals surface area contributed by atoms with Gasteiger partial charge in [0.15, 0.2) is 0 Å². The molecule has 28 heavy (non-hydrogen) atoms. The lowest BCUT2D eigenvalue weighted by atomic mass is 9.95. The lowest BCUT2D eigenvalue weighted by molar-refractivity contribution is -0.0191. The summed E-state index contributed by atoms with van der Waals surface area (Å²) < 4.78 is 6.27. The Morgan fingerprint density at radius 2 is 1.86 bits per heavy atom. The molecular formula is C23H20N2O3. The summed E-state index contributed by atoms with van der Waals surface area (Å²) in [5.74, 6) is 1.24. The molecule has 0 aliphatic carbocycles. The second-order valence-electron chi connectivity index (χ2n) is 7.27. The Morgan fingerprint density at radius 3 is 2.71 bits per heavy atom. The van der Waals surface area contributed by atoms with Gasteiger partial charge in [0.1, 0.15) is 17.2 Å². The van der Waals surface area contributed by atoms with E-state index in [4.69, 9.17) is 9.84 Å². The van der Waals surface area contributed by atoms with E-state index in [0.717, 1.165) is 33.7 Å². The molecule has 5 rings (SSSR count). The van der Waals surface area contributed by atoms with Crippen LogP contribution in [0.25, 0.3) is 0 Å². The number of hydrogen-bond donors (Lipinski definition) is 2. The van der Waals surface area contributed by atoms with Crippen molar-refractivity contribution in [2.45, 2.75) is 25.6 Å². The van der Waals surface area contributed by atoms with Crippen molar-refractivity contribution >= 4 is 5.71 Å². The Morgan fingerprint density at radius 1 is 1.00 bits per heavy atom. The van der Waals surface area contributed by atoms with E-state index in [-0.39, 0.29) is 17.5 Å². The Bertz CT molecular complexity index is 1090. The maximum absolute atomic E-state index is 10.4. The number of phenolic OH excluding ortho intramolecular Hbond substituents is 2. The molecule has 0 saturated heterocycles. The quantitative estimate of drug-likeness (QED) is 0.687. The van der Waals surface area contributed by atoms with Gasteiger partial charge < -0.3 is 14.9 Å². The van der Waals surface area contributed by atoms with Gasteiger partial charge in [0.05, 0.1) is 11.8 Å². The lowest BCUT2D eigenvalue weighted by Gasteiger charge is -2.38. The van der Waals surface area contributed by atoms with Crippen molar-refractivity contribution in [3.8, 4) is 17.2 Å². The first-order chi connectivity index (χ1) is 13.6. The van der Waals surface area contributed by atoms with Crippen molar-refractivity contribution < 1.29 is 14.9 Å². The number of ether oxygens (including phenoxy) is 1. The van der Waals surface area contributed by atoms with Crippen LogP contribution in [0.4, 0.5) is 0 Å². The molecular weight excluding hydrogens is 352 g/mol. The van der Waals surface area contributed by atoms with Crippen molar-refractivity contribution in [1.29, 1.82) is 0 Å². The van der Waals surface area contributed by atoms with Crippen LogP contribution in [0.15, 0.2) is 71.8 Å². The zero-order valence-electron chi connectivity index (χ0n) is 15.4. The highest BCUT2D eigenvalue weighted by molar-refractivity contribution is 6.04. The third-order valence-corrected chi connectivity index (χ3v) is 5.32. The second-order valence-corrected chi connectivity index (χ2v) is 7.27. The van der Waals surface area contributed by atoms with Crippen LogP contribution in [0.5, 0.6) is 17.2 Å². The third-order valence-electron chi connectivity index (χ3n) is 5.32. The molecule has 0 bridgehead atoms. The van der Waals surface area contributed by atoms with Crippen molar-refractivity contribution in [3.63, 3.8) is 0 Å². The summed E-state index contributed by atoms with van der Waals surface area (Å²) in [7, 11) is 0. The Labute approximate surface area is 163 Å². The van der Waals surface area contributed by atoms with Gasteiger partial charge in [0.25, 0.3) is 0 Å². The Kier molecular flexibility index (Phi) is 3.76. The summed E-state index contributed by atoms with van der Waals surface area (Å²) in [5, 5.41) is 27.1. The number of hydrazone groups is 1. The first kappa shape index (κ1) is 16.7. The minimum atomic E-state index is -0.448. The average Bonchev–Trinajstić information content (AvgIpc) is 3.14. The fourth-order valence-corrected chi connectivity index (χ4v) is 3.98. The molecule has 0 fully saturated rings. The van der Waals surface area contributed by atoms with Crippen LogP contribution in [0.1, 0.15) is 40.9 Å². The molecule has 5 heteroatoms. The normalized spacial score (nSPS) is 20.2. The number of aromatic hydroxyl groups is 2. The highest BCUT2D eigenvalue weighted by atomic mass is 16.5. The Hall–Kier alpha value is -3.47. The van der Waals surface area contributed by atoms with E-state index in [9.17, 15) is 10.2 Å². The number of para-hydroxylation sites is 1. The van der Waals surface area contributed by atoms with Gasteiger partial charge in [-0.05, 0) is 37.3 Å². The van der Waals surface area contributed by atoms with Gasteiger partial charge in [0, 0.05) is 23.1 Å². The molecule has 5 nitrogen and oxygen atoms in total. The summed E-state index contributed by atoms with van der Waals surface area (Å²) >= 11 is 0. The molecule has 2 heterocycles. The zero-order chi connectivity index (χ0) is 19.3. The number of aryl methyl sites for hydroxylation is 1. The maximum Gasteiger partial charge on any atom is 0.214 e. The van der Waals surface area contributed by atoms with Crippen LogP contribution in [0.3, 0.4) is 0 Å². The molecule has 3 aromatic rings. The minimum Gasteiger partial charge on any atom is -0.508 e. The fourth-order valence-electron chi connectivity index (χ4n) is 3.98. The fraction of sp³-hybridized carbons (Fsp3) is 0.174. The third kappa shape index (κ3) is 2.67. The maximum atomic E-state index is 10.4. The number of fused-ring (bicyclic) bond motifs is 3. The predicted octanol–water partition coefficient (Wildman–Crippen LogP) is 4.65. The number of benzene rings is 3. The zero-order valence-corrected chi connectivity index (χ0v) is 15.4. The van der Waals surface area contributed by atoms with E-state index in [1.807, 2.05) is 48.3 Å². The van der Waals surface area contributed by atoms with E-state index >= 15 is 0 Å². The van der Waals surface area contributed by atoms with E-state index in [2.05, 4.69) is 6.07 Å². The first-order valence-electron chi connectivity index (χ1n) is 9.30. The van der Waals surface area contributed by atoms with E-state index in [0.29, 0.717) is 6.42 Å². The monoisotopic (exact) mass is 372 g/mol. The van der Waals surface area contributed by atoms with Gasteiger partial charge >= 0.3 is 0 Å². The van der Waals surface area contributed by atoms with Crippen molar-refractivity contribution in [1.82, 2.24) is 5.01 Å². The number of hydrogen-bond acceptors (Lipinski definition) is 5. The Balaban J connectivity index is 1.62. The van der Waals surface area contributed by atoms with Gasteiger partial charge in [-0.1, -0.05) is 42.0 Å². The topological polar surface area (TPSA) is 65.3 Å². The summed E-state index contributed by atoms with van der Waals surface area (Å²) in [6, 6.07) is 20.6. The minimum absolute atomic E-state index is 0.00668. The molecule has 2 atom stereocenters. The van der Waals surface area contributed by atoms with Crippen LogP contribution in [0.2, 0.25) is 0 Å². The van der Waals surface area contributed by atoms with E-state index in [1.165, 1.54) is 0 Å². The smallest absolute Gasteiger partial charge is 0.214 e. The highest BCUT2D eigenvalue weighted by Crippen LogP contribution is 2.48. The summed E-state index contributed by atoms with van der Waals surface area (Å²) in [4.78, 5) is 0. The van der Waals surface area contributed by atoms with Gasteiger partial charge in [0.2, 0.25) is 6.23 Å². The van der Waals surface area contributed by atoms with Crippen LogP contribution >= 0.6 is 0 Å². The SMILES string of the molecule is Cc1ccc(O)c(C2=NN3[C@@H](c4cccc(O)c4)Oc4ccccc4[C@@H]3C2)c1. The average molecular weight is 372 g/mol. The van der Waals surface area contributed by atoms with Gasteiger partial charge in [-0.15, -0.1) is 0 Å². The van der Waals surface area contributed by atoms with Gasteiger partial charge in [-0.2, -0.15) is 5.10 Å². The predicted molar refractivity (Wildman–Crippen MR) is 106 cm³/mol. The lowest BCUT2D eigenvalue weighted by Crippen LogP contribution is -2.33. The van der Waals surface area contributed by atoms with Crippen molar-refractivity contribution in [2.24, 2.45) is 5.10 Å². The number of phenols is 2. The van der Waals surface area contributed by atoms with Crippen molar-refractivity contribution in [3.05, 3.63) is 89.0 Å². The molecule has 0 spiro atoms. The van der Waals surface area contributed by atoms with Crippen molar-refractivity contribution in [2.75, 3.05) is 0 Å². The number of rotatable bonds is 2. The van der Waals surface area contributed by atoms with E-state index < -0.39 is 6.23 Å². The van der Waals surface area contributed by atoms with Gasteiger partial charge in [-0.3, -0.25) is 0 Å². The molecule has 140 valence electrons. The van der Waals surface area contributed by atoms with Crippen LogP contribution < -0.4 is 4.74 Å². The van der Waals surface area contributed by atoms with Gasteiger partial charge in [-0.25, -0.2) is 5.01 Å². The molecule has 2 N–H and O–H groups in total. The largest absolute Gasteiger partial charge is 0.508 e. The molecule has 0 amide bonds. The highest BCUT2D eigenvalue weighted by Gasteiger charge is 2.41. The van der Waals surface area contributed by atoms with Crippen LogP contribution in [0, 0.1) is 6.92 Å². The molecule has 0 saturated carbocycles. The summed E-state index contributed by atoms with van der Waals surface area (Å²) in [6.45, 7) is 2.00. The molecule has 3 aromatic carbocycles. The van der Waals surface area contributed by atoms with Crippen LogP contribution in [-0.2, 0) is 0 Å². The van der Waals surface area contributed by atoms with Crippen LogP contribution in [-0.4, -0.2) is 20.9 Å². The summed E-state index contributed by atoms with van der Waals surface area (Å²) in [5.41, 5.74) is 4.56. The first-order valence-corrected chi connectivity index (χ1v) is 9.30. The molecule has 0 unspecified atom stereocenters. The summed E-state index contributed by atoms with van der Waals surface area (Å²) in [6.07, 6.45) is 0.226. The number of nitrogens with zero attached hydrogens (tertiary/aromatic N) is 2. The van der Waals surface area contributed by atoms with E-state index in [1.54, 1.807) is 24.3 Å². The molecule has 0 radical (unpaired) electrons. The standard InChI is InChI=1S/C23H20N2O3/c1-14-9-10-21(27)18(11-14)19-13-20-17-7-2-3-8-22(17)28-23(25(20)24-19)15-5-4-6-16(26)12-15/h2-12,20,23,26-27H,13H2,1H3/t20-,23+/m0/s1. The molecule has 0 aromatic heterocycles. The second kappa shape index (κ2) is 6.30. The molecule has 2 aliphatic heterocycles. The molecule has 2 aliphatic rings.